The fraction of sp³-hybridized carbons (Fsp3) is 0.500. The van der Waals surface area contributed by atoms with Crippen molar-refractivity contribution in [1.82, 2.24) is 4.90 Å². The fourth-order valence-electron chi connectivity index (χ4n) is 0.543. The van der Waals surface area contributed by atoms with Crippen LogP contribution < -0.4 is 0 Å². The first-order chi connectivity index (χ1) is 4.35. The molecular formula is C8H13N. The Morgan fingerprint density at radius 3 is 2.33 bits per heavy atom. The SMILES string of the molecule is C=C=C=CN(CC)CC. The normalized spacial score (nSPS) is 7.33. The van der Waals surface area contributed by atoms with Gasteiger partial charge in [0.15, 0.2) is 0 Å². The number of rotatable bonds is 3. The largest absolute Gasteiger partial charge is 0.371 e. The highest BCUT2D eigenvalue weighted by molar-refractivity contribution is 4.80. The van der Waals surface area contributed by atoms with Crippen molar-refractivity contribution in [2.75, 3.05) is 13.1 Å². The molecule has 0 aromatic rings. The van der Waals surface area contributed by atoms with Gasteiger partial charge in [-0.1, -0.05) is 11.5 Å². The molecule has 1 heteroatoms. The summed E-state index contributed by atoms with van der Waals surface area (Å²) in [6.07, 6.45) is 1.87. The molecule has 0 bridgehead atoms. The first kappa shape index (κ1) is 8.10. The molecule has 9 heavy (non-hydrogen) atoms. The monoisotopic (exact) mass is 123 g/mol. The smallest absolute Gasteiger partial charge is 0.0508 e. The molecule has 0 radical (unpaired) electrons. The van der Waals surface area contributed by atoms with Gasteiger partial charge in [0.1, 0.15) is 0 Å². The molecule has 0 aromatic carbocycles. The van der Waals surface area contributed by atoms with Gasteiger partial charge in [-0.2, -0.15) is 0 Å². The molecule has 0 fully saturated rings. The van der Waals surface area contributed by atoms with E-state index in [2.05, 4.69) is 36.8 Å². The Balaban J connectivity index is 3.82. The Labute approximate surface area is 57.0 Å². The van der Waals surface area contributed by atoms with E-state index in [0.29, 0.717) is 0 Å². The van der Waals surface area contributed by atoms with Crippen molar-refractivity contribution in [3.8, 4) is 0 Å². The molecule has 0 N–H and O–H groups in total. The average Bonchev–Trinajstić information content (AvgIpc) is 1.91. The molecule has 0 atom stereocenters. The van der Waals surface area contributed by atoms with Crippen LogP contribution in [0.15, 0.2) is 24.2 Å². The Morgan fingerprint density at radius 2 is 2.00 bits per heavy atom. The summed E-state index contributed by atoms with van der Waals surface area (Å²) in [5.74, 6) is 0. The van der Waals surface area contributed by atoms with Crippen LogP contribution >= 0.6 is 0 Å². The van der Waals surface area contributed by atoms with Gasteiger partial charge in [0.2, 0.25) is 0 Å². The lowest BCUT2D eigenvalue weighted by molar-refractivity contribution is 0.419. The number of hydrogen-bond donors (Lipinski definition) is 0. The third-order valence-corrected chi connectivity index (χ3v) is 1.16. The first-order valence-electron chi connectivity index (χ1n) is 3.20. The molecule has 0 heterocycles. The highest BCUT2D eigenvalue weighted by Crippen LogP contribution is 1.84. The molecular weight excluding hydrogens is 110 g/mol. The first-order valence-corrected chi connectivity index (χ1v) is 3.20. The van der Waals surface area contributed by atoms with E-state index in [1.807, 2.05) is 6.20 Å². The van der Waals surface area contributed by atoms with Crippen LogP contribution in [0.4, 0.5) is 0 Å². The number of nitrogens with zero attached hydrogens (tertiary/aromatic N) is 1. The zero-order valence-corrected chi connectivity index (χ0v) is 6.15. The van der Waals surface area contributed by atoms with E-state index >= 15 is 0 Å². The molecule has 0 saturated carbocycles. The predicted octanol–water partition coefficient (Wildman–Crippen LogP) is 1.78. The van der Waals surface area contributed by atoms with Gasteiger partial charge in [-0.15, -0.1) is 0 Å². The fourth-order valence-corrected chi connectivity index (χ4v) is 0.543. The number of hydrogen-bond acceptors (Lipinski definition) is 1. The van der Waals surface area contributed by atoms with Gasteiger partial charge in [0, 0.05) is 13.1 Å². The van der Waals surface area contributed by atoms with Crippen molar-refractivity contribution in [1.29, 1.82) is 0 Å². The predicted molar refractivity (Wildman–Crippen MR) is 40.1 cm³/mol. The van der Waals surface area contributed by atoms with Gasteiger partial charge in [-0.25, -0.2) is 0 Å². The van der Waals surface area contributed by atoms with Crippen molar-refractivity contribution in [2.45, 2.75) is 13.8 Å². The molecule has 50 valence electrons. The molecule has 0 aliphatic rings. The van der Waals surface area contributed by atoms with Gasteiger partial charge < -0.3 is 4.90 Å². The van der Waals surface area contributed by atoms with Crippen LogP contribution in [0.25, 0.3) is 0 Å². The van der Waals surface area contributed by atoms with E-state index in [0.717, 1.165) is 13.1 Å². The quantitative estimate of drug-likeness (QED) is 0.517. The molecule has 0 aliphatic carbocycles. The molecule has 0 saturated heterocycles. The van der Waals surface area contributed by atoms with Gasteiger partial charge in [0.25, 0.3) is 0 Å². The van der Waals surface area contributed by atoms with Crippen LogP contribution in [0.2, 0.25) is 0 Å². The zero-order chi connectivity index (χ0) is 7.11. The molecule has 0 aromatic heterocycles. The van der Waals surface area contributed by atoms with Gasteiger partial charge in [0.05, 0.1) is 6.20 Å². The molecule has 0 amide bonds. The summed E-state index contributed by atoms with van der Waals surface area (Å²) in [5.41, 5.74) is 5.36. The summed E-state index contributed by atoms with van der Waals surface area (Å²) in [6, 6.07) is 0. The maximum atomic E-state index is 3.41. The summed E-state index contributed by atoms with van der Waals surface area (Å²) in [7, 11) is 0. The van der Waals surface area contributed by atoms with Crippen LogP contribution in [0.1, 0.15) is 13.8 Å². The van der Waals surface area contributed by atoms with Crippen molar-refractivity contribution >= 4 is 0 Å². The van der Waals surface area contributed by atoms with Crippen molar-refractivity contribution in [2.24, 2.45) is 0 Å². The van der Waals surface area contributed by atoms with E-state index < -0.39 is 0 Å². The summed E-state index contributed by atoms with van der Waals surface area (Å²) < 4.78 is 0. The lowest BCUT2D eigenvalue weighted by atomic mass is 10.5. The minimum absolute atomic E-state index is 1.02. The molecule has 0 rings (SSSR count). The highest BCUT2D eigenvalue weighted by atomic mass is 15.1. The third kappa shape index (κ3) is 3.66. The molecule has 1 nitrogen and oxygen atoms in total. The van der Waals surface area contributed by atoms with E-state index in [1.165, 1.54) is 0 Å². The lowest BCUT2D eigenvalue weighted by Gasteiger charge is -2.11. The zero-order valence-electron chi connectivity index (χ0n) is 6.15. The second kappa shape index (κ2) is 5.24. The Kier molecular flexibility index (Phi) is 4.72. The summed E-state index contributed by atoms with van der Waals surface area (Å²) in [5, 5.41) is 0. The van der Waals surface area contributed by atoms with E-state index in [9.17, 15) is 0 Å². The Bertz CT molecular complexity index is 133. The van der Waals surface area contributed by atoms with Gasteiger partial charge in [-0.05, 0) is 20.4 Å². The van der Waals surface area contributed by atoms with Gasteiger partial charge >= 0.3 is 0 Å². The van der Waals surface area contributed by atoms with Gasteiger partial charge in [-0.3, -0.25) is 0 Å². The summed E-state index contributed by atoms with van der Waals surface area (Å²) >= 11 is 0. The Hall–Kier alpha value is -0.900. The Morgan fingerprint density at radius 1 is 1.44 bits per heavy atom. The van der Waals surface area contributed by atoms with Crippen LogP contribution in [-0.2, 0) is 0 Å². The van der Waals surface area contributed by atoms with Crippen molar-refractivity contribution < 1.29 is 0 Å². The van der Waals surface area contributed by atoms with E-state index in [4.69, 9.17) is 0 Å². The summed E-state index contributed by atoms with van der Waals surface area (Å²) in [4.78, 5) is 2.12. The maximum absolute atomic E-state index is 3.41. The second-order valence-electron chi connectivity index (χ2n) is 1.67. The maximum Gasteiger partial charge on any atom is 0.0508 e. The minimum atomic E-state index is 1.02. The van der Waals surface area contributed by atoms with E-state index in [-0.39, 0.29) is 0 Å². The molecule has 0 aliphatic heterocycles. The van der Waals surface area contributed by atoms with Crippen LogP contribution in [0.3, 0.4) is 0 Å². The highest BCUT2D eigenvalue weighted by Gasteiger charge is 1.85. The van der Waals surface area contributed by atoms with Crippen LogP contribution in [0.5, 0.6) is 0 Å². The van der Waals surface area contributed by atoms with Crippen LogP contribution in [0, 0.1) is 0 Å². The second-order valence-corrected chi connectivity index (χ2v) is 1.67. The molecule has 0 spiro atoms. The average molecular weight is 123 g/mol. The standard InChI is InChI=1S/C8H13N/c1-4-7-8-9(5-2)6-3/h8H,1,5-6H2,2-3H3. The summed E-state index contributed by atoms with van der Waals surface area (Å²) in [6.45, 7) is 9.65. The molecule has 0 unspecified atom stereocenters. The minimum Gasteiger partial charge on any atom is -0.371 e. The van der Waals surface area contributed by atoms with Crippen LogP contribution in [-0.4, -0.2) is 18.0 Å². The third-order valence-electron chi connectivity index (χ3n) is 1.16. The topological polar surface area (TPSA) is 3.24 Å². The lowest BCUT2D eigenvalue weighted by Crippen LogP contribution is -2.14. The van der Waals surface area contributed by atoms with Crippen molar-refractivity contribution in [3.63, 3.8) is 0 Å². The van der Waals surface area contributed by atoms with E-state index in [1.54, 1.807) is 0 Å². The van der Waals surface area contributed by atoms with Crippen molar-refractivity contribution in [3.05, 3.63) is 24.2 Å².